The molecule has 0 saturated carbocycles. The average molecular weight is 337 g/mol. The number of hydrogen-bond donors (Lipinski definition) is 18. The van der Waals surface area contributed by atoms with E-state index < -0.39 is 23.3 Å². The van der Waals surface area contributed by atoms with Gasteiger partial charge in [-0.25, -0.2) is 0 Å². The second-order valence-electron chi connectivity index (χ2n) is 3.86. The summed E-state index contributed by atoms with van der Waals surface area (Å²) in [5, 5.41) is 81.9. The van der Waals surface area contributed by atoms with Crippen LogP contribution in [0.3, 0.4) is 0 Å². The Balaban J connectivity index is 6.42. The van der Waals surface area contributed by atoms with Crippen LogP contribution < -0.4 is 49.3 Å². The van der Waals surface area contributed by atoms with Gasteiger partial charge in [-0.2, -0.15) is 49.3 Å². The molecule has 0 aliphatic carbocycles. The van der Waals surface area contributed by atoms with E-state index in [0.717, 1.165) is 0 Å². The fraction of sp³-hybridized carbons (Fsp3) is 1.00. The first-order valence-electron chi connectivity index (χ1n) is 5.13. The lowest BCUT2D eigenvalue weighted by Crippen LogP contribution is -2.90. The van der Waals surface area contributed by atoms with Gasteiger partial charge >= 0.3 is 0 Å². The summed E-state index contributed by atoms with van der Waals surface area (Å²) in [6.07, 6.45) is 0. The molecular formula is C4H19N9O9. The molecular weight excluding hydrogens is 318 g/mol. The number of hydroxylamine groups is 9. The summed E-state index contributed by atoms with van der Waals surface area (Å²) in [5.41, 5.74) is 10.8. The van der Waals surface area contributed by atoms with Crippen molar-refractivity contribution < 1.29 is 46.9 Å². The van der Waals surface area contributed by atoms with Gasteiger partial charge in [0.15, 0.2) is 0 Å². The van der Waals surface area contributed by atoms with Crippen molar-refractivity contribution in [1.29, 1.82) is 0 Å². The Morgan fingerprint density at radius 3 is 0.591 bits per heavy atom. The minimum absolute atomic E-state index is 1.20. The highest BCUT2D eigenvalue weighted by Gasteiger charge is 2.63. The van der Waals surface area contributed by atoms with Gasteiger partial charge < -0.3 is 46.9 Å². The first-order valence-corrected chi connectivity index (χ1v) is 5.13. The first-order chi connectivity index (χ1) is 10.4. The van der Waals surface area contributed by atoms with Crippen molar-refractivity contribution in [2.45, 2.75) is 17.4 Å². The Kier molecular flexibility index (Phi) is 8.51. The Hall–Kier alpha value is -0.720. The molecule has 0 bridgehead atoms. The van der Waals surface area contributed by atoms with E-state index in [9.17, 15) is 0 Å². The van der Waals surface area contributed by atoms with E-state index in [0.29, 0.717) is 0 Å². The Bertz CT molecular complexity index is 237. The van der Waals surface area contributed by atoms with Crippen LogP contribution in [0.15, 0.2) is 0 Å². The molecule has 0 aromatic heterocycles. The summed E-state index contributed by atoms with van der Waals surface area (Å²) >= 11 is 0. The largest absolute Gasteiger partial charge is 0.314 e. The summed E-state index contributed by atoms with van der Waals surface area (Å²) in [6.45, 7) is 0. The lowest BCUT2D eigenvalue weighted by atomic mass is 9.86. The highest BCUT2D eigenvalue weighted by Crippen LogP contribution is 2.28. The molecule has 0 aromatic rings. The zero-order valence-electron chi connectivity index (χ0n) is 10.6. The SMILES string of the molecule is ONC(NO)(NO)C(C(NO)(NO)NO)C(NO)(NO)NO. The molecule has 0 unspecified atom stereocenters. The third-order valence-electron chi connectivity index (χ3n) is 2.89. The Morgan fingerprint density at radius 2 is 0.500 bits per heavy atom. The van der Waals surface area contributed by atoms with Gasteiger partial charge in [-0.15, -0.1) is 0 Å². The average Bonchev–Trinajstić information content (AvgIpc) is 2.60. The molecule has 0 fully saturated rings. The Morgan fingerprint density at radius 1 is 0.364 bits per heavy atom. The lowest BCUT2D eigenvalue weighted by molar-refractivity contribution is -0.288. The van der Waals surface area contributed by atoms with Crippen molar-refractivity contribution in [1.82, 2.24) is 49.3 Å². The molecule has 0 aromatic carbocycles. The van der Waals surface area contributed by atoms with Crippen LogP contribution in [0, 0.1) is 5.92 Å². The lowest BCUT2D eigenvalue weighted by Gasteiger charge is -2.52. The first kappa shape index (κ1) is 21.3. The molecule has 0 heterocycles. The molecule has 18 heteroatoms. The molecule has 0 amide bonds. The molecule has 0 radical (unpaired) electrons. The van der Waals surface area contributed by atoms with E-state index in [4.69, 9.17) is 46.9 Å². The molecule has 18 N–H and O–H groups in total. The zero-order chi connectivity index (χ0) is 17.4. The van der Waals surface area contributed by atoms with E-state index in [-0.39, 0.29) is 0 Å². The highest BCUT2D eigenvalue weighted by atomic mass is 16.6. The summed E-state index contributed by atoms with van der Waals surface area (Å²) in [6, 6.07) is 0. The number of nitrogens with one attached hydrogen (secondary N) is 9. The van der Waals surface area contributed by atoms with E-state index >= 15 is 0 Å². The zero-order valence-corrected chi connectivity index (χ0v) is 10.6. The van der Waals surface area contributed by atoms with Gasteiger partial charge in [-0.3, -0.25) is 0 Å². The fourth-order valence-corrected chi connectivity index (χ4v) is 1.78. The second kappa shape index (κ2) is 8.79. The summed E-state index contributed by atoms with van der Waals surface area (Å²) in [4.78, 5) is 0. The summed E-state index contributed by atoms with van der Waals surface area (Å²) < 4.78 is 0. The van der Waals surface area contributed by atoms with Gasteiger partial charge in [-0.05, 0) is 0 Å². The number of rotatable bonds is 12. The maximum Gasteiger partial charge on any atom is 0.200 e. The van der Waals surface area contributed by atoms with Crippen LogP contribution >= 0.6 is 0 Å². The molecule has 0 aliphatic rings. The molecule has 134 valence electrons. The van der Waals surface area contributed by atoms with Crippen LogP contribution in [0.4, 0.5) is 0 Å². The topological polar surface area (TPSA) is 290 Å². The normalized spacial score (nSPS) is 13.9. The minimum Gasteiger partial charge on any atom is -0.314 e. The third kappa shape index (κ3) is 3.29. The van der Waals surface area contributed by atoms with Crippen LogP contribution in [0.25, 0.3) is 0 Å². The van der Waals surface area contributed by atoms with Crippen LogP contribution in [0.5, 0.6) is 0 Å². The van der Waals surface area contributed by atoms with Crippen LogP contribution in [0.2, 0.25) is 0 Å². The van der Waals surface area contributed by atoms with Crippen molar-refractivity contribution in [3.8, 4) is 0 Å². The second-order valence-corrected chi connectivity index (χ2v) is 3.86. The smallest absolute Gasteiger partial charge is 0.200 e. The third-order valence-corrected chi connectivity index (χ3v) is 2.89. The fourth-order valence-electron chi connectivity index (χ4n) is 1.78. The van der Waals surface area contributed by atoms with Crippen LogP contribution in [-0.4, -0.2) is 64.2 Å². The quantitative estimate of drug-likeness (QED) is 0.116. The van der Waals surface area contributed by atoms with Gasteiger partial charge in [0.2, 0.25) is 17.4 Å². The molecule has 0 atom stereocenters. The van der Waals surface area contributed by atoms with E-state index in [1.54, 1.807) is 0 Å². The van der Waals surface area contributed by atoms with Crippen molar-refractivity contribution in [2.24, 2.45) is 5.92 Å². The Labute approximate surface area is 121 Å². The maximum absolute atomic E-state index is 9.10. The summed E-state index contributed by atoms with van der Waals surface area (Å²) in [5.74, 6) is -11.1. The molecule has 22 heavy (non-hydrogen) atoms. The predicted octanol–water partition coefficient (Wildman–Crippen LogP) is -5.63. The van der Waals surface area contributed by atoms with Gasteiger partial charge in [0.25, 0.3) is 0 Å². The standard InChI is InChI=1S/C4H19N9O9/c14-5-2(6-15,7-16)1(3(8-17,9-18)10-19)4(11-20,12-21)13-22/h1,5-22H. The van der Waals surface area contributed by atoms with Gasteiger partial charge in [-0.1, -0.05) is 0 Å². The van der Waals surface area contributed by atoms with E-state index in [1.807, 2.05) is 0 Å². The van der Waals surface area contributed by atoms with Crippen LogP contribution in [0.1, 0.15) is 0 Å². The molecule has 18 nitrogen and oxygen atoms in total. The van der Waals surface area contributed by atoms with Crippen molar-refractivity contribution >= 4 is 0 Å². The van der Waals surface area contributed by atoms with Crippen LogP contribution in [-0.2, 0) is 0 Å². The van der Waals surface area contributed by atoms with Gasteiger partial charge in [0.1, 0.15) is 5.92 Å². The van der Waals surface area contributed by atoms with Crippen molar-refractivity contribution in [3.63, 3.8) is 0 Å². The predicted molar refractivity (Wildman–Crippen MR) is 56.0 cm³/mol. The molecule has 0 rings (SSSR count). The monoisotopic (exact) mass is 337 g/mol. The van der Waals surface area contributed by atoms with Crippen molar-refractivity contribution in [2.75, 3.05) is 0 Å². The van der Waals surface area contributed by atoms with Crippen molar-refractivity contribution in [3.05, 3.63) is 0 Å². The molecule has 0 saturated heterocycles. The molecule has 0 spiro atoms. The highest BCUT2D eigenvalue weighted by molar-refractivity contribution is 5.04. The summed E-state index contributed by atoms with van der Waals surface area (Å²) in [7, 11) is 0. The van der Waals surface area contributed by atoms with Gasteiger partial charge in [0, 0.05) is 0 Å². The van der Waals surface area contributed by atoms with Gasteiger partial charge in [0.05, 0.1) is 0 Å². The maximum atomic E-state index is 9.10. The number of hydrogen-bond acceptors (Lipinski definition) is 18. The van der Waals surface area contributed by atoms with E-state index in [1.165, 1.54) is 49.3 Å². The minimum atomic E-state index is -2.90. The molecule has 0 aliphatic heterocycles. The van der Waals surface area contributed by atoms with E-state index in [2.05, 4.69) is 0 Å².